The van der Waals surface area contributed by atoms with Crippen LogP contribution in [0.5, 0.6) is 0 Å². The Morgan fingerprint density at radius 2 is 1.94 bits per heavy atom. The number of carbonyl (C=O) groups is 1. The van der Waals surface area contributed by atoms with E-state index in [0.29, 0.717) is 12.1 Å². The summed E-state index contributed by atoms with van der Waals surface area (Å²) in [4.78, 5) is 11.9. The number of hydrogen-bond donors (Lipinski definition) is 2. The van der Waals surface area contributed by atoms with Crippen LogP contribution in [0.25, 0.3) is 0 Å². The van der Waals surface area contributed by atoms with Gasteiger partial charge < -0.3 is 10.6 Å². The van der Waals surface area contributed by atoms with Gasteiger partial charge in [0.2, 0.25) is 5.91 Å². The fourth-order valence-corrected chi connectivity index (χ4v) is 3.23. The monoisotopic (exact) mass is 252 g/mol. The number of piperidine rings is 1. The molecule has 2 aliphatic rings. The molecule has 1 saturated heterocycles. The third-order valence-corrected chi connectivity index (χ3v) is 4.53. The van der Waals surface area contributed by atoms with Gasteiger partial charge in [-0.05, 0) is 32.1 Å². The first-order chi connectivity index (χ1) is 8.74. The Balaban J connectivity index is 1.59. The minimum atomic E-state index is 0.266. The molecule has 2 unspecified atom stereocenters. The van der Waals surface area contributed by atoms with Crippen LogP contribution in [0.2, 0.25) is 0 Å². The molecule has 1 amide bonds. The van der Waals surface area contributed by atoms with Gasteiger partial charge in [-0.1, -0.05) is 32.1 Å². The summed E-state index contributed by atoms with van der Waals surface area (Å²) in [5.41, 5.74) is 0. The predicted molar refractivity (Wildman–Crippen MR) is 74.4 cm³/mol. The summed E-state index contributed by atoms with van der Waals surface area (Å²) in [6, 6.07) is 0.973. The van der Waals surface area contributed by atoms with Crippen molar-refractivity contribution in [1.29, 1.82) is 0 Å². The summed E-state index contributed by atoms with van der Waals surface area (Å²) in [5, 5.41) is 6.61. The molecule has 2 fully saturated rings. The molecule has 1 saturated carbocycles. The minimum Gasteiger partial charge on any atom is -0.352 e. The Labute approximate surface area is 111 Å². The lowest BCUT2D eigenvalue weighted by molar-refractivity contribution is -0.122. The van der Waals surface area contributed by atoms with Crippen molar-refractivity contribution in [3.05, 3.63) is 0 Å². The fourth-order valence-electron chi connectivity index (χ4n) is 3.23. The molecule has 1 aliphatic heterocycles. The van der Waals surface area contributed by atoms with Gasteiger partial charge in [0.25, 0.3) is 0 Å². The fraction of sp³-hybridized carbons (Fsp3) is 0.933. The Hall–Kier alpha value is -0.570. The molecule has 2 N–H and O–H groups in total. The molecule has 0 aromatic rings. The quantitative estimate of drug-likeness (QED) is 0.807. The zero-order valence-electron chi connectivity index (χ0n) is 11.7. The summed E-state index contributed by atoms with van der Waals surface area (Å²) in [5.74, 6) is 1.08. The largest absolute Gasteiger partial charge is 0.352 e. The molecule has 104 valence electrons. The van der Waals surface area contributed by atoms with E-state index in [1.165, 1.54) is 38.5 Å². The first kappa shape index (κ1) is 13.9. The first-order valence-electron chi connectivity index (χ1n) is 7.77. The van der Waals surface area contributed by atoms with Gasteiger partial charge in [0.05, 0.1) is 0 Å². The van der Waals surface area contributed by atoms with Crippen LogP contribution in [0.15, 0.2) is 0 Å². The standard InChI is InChI=1S/C15H28N2O/c1-12-7-9-14(11-16-12)17-15(18)10-8-13-5-3-2-4-6-13/h12-14,16H,2-11H2,1H3,(H,17,18). The van der Waals surface area contributed by atoms with E-state index in [1.807, 2.05) is 0 Å². The highest BCUT2D eigenvalue weighted by molar-refractivity contribution is 5.76. The normalized spacial score (nSPS) is 30.1. The van der Waals surface area contributed by atoms with E-state index < -0.39 is 0 Å². The first-order valence-corrected chi connectivity index (χ1v) is 7.77. The van der Waals surface area contributed by atoms with Crippen LogP contribution >= 0.6 is 0 Å². The van der Waals surface area contributed by atoms with Gasteiger partial charge in [-0.3, -0.25) is 4.79 Å². The van der Waals surface area contributed by atoms with Gasteiger partial charge >= 0.3 is 0 Å². The maximum absolute atomic E-state index is 11.9. The van der Waals surface area contributed by atoms with Crippen molar-refractivity contribution in [2.45, 2.75) is 76.8 Å². The second-order valence-electron chi connectivity index (χ2n) is 6.19. The van der Waals surface area contributed by atoms with Gasteiger partial charge in [0, 0.05) is 25.0 Å². The predicted octanol–water partition coefficient (Wildman–Crippen LogP) is 2.60. The lowest BCUT2D eigenvalue weighted by atomic mass is 9.86. The van der Waals surface area contributed by atoms with Gasteiger partial charge in [-0.2, -0.15) is 0 Å². The van der Waals surface area contributed by atoms with Crippen molar-refractivity contribution in [3.63, 3.8) is 0 Å². The van der Waals surface area contributed by atoms with E-state index in [1.54, 1.807) is 0 Å². The minimum absolute atomic E-state index is 0.266. The van der Waals surface area contributed by atoms with Crippen LogP contribution < -0.4 is 10.6 Å². The van der Waals surface area contributed by atoms with Crippen LogP contribution in [0.4, 0.5) is 0 Å². The molecule has 0 spiro atoms. The van der Waals surface area contributed by atoms with Crippen molar-refractivity contribution in [2.75, 3.05) is 6.54 Å². The Morgan fingerprint density at radius 1 is 1.17 bits per heavy atom. The topological polar surface area (TPSA) is 41.1 Å². The number of amides is 1. The maximum Gasteiger partial charge on any atom is 0.220 e. The zero-order chi connectivity index (χ0) is 12.8. The van der Waals surface area contributed by atoms with Crippen LogP contribution in [0.3, 0.4) is 0 Å². The van der Waals surface area contributed by atoms with Crippen molar-refractivity contribution in [3.8, 4) is 0 Å². The molecule has 2 atom stereocenters. The highest BCUT2D eigenvalue weighted by Gasteiger charge is 2.20. The van der Waals surface area contributed by atoms with E-state index >= 15 is 0 Å². The van der Waals surface area contributed by atoms with Crippen molar-refractivity contribution < 1.29 is 4.79 Å². The molecule has 18 heavy (non-hydrogen) atoms. The Kier molecular flexibility index (Phi) is 5.48. The molecule has 1 heterocycles. The lowest BCUT2D eigenvalue weighted by Crippen LogP contribution is -2.48. The van der Waals surface area contributed by atoms with Crippen molar-refractivity contribution in [1.82, 2.24) is 10.6 Å². The average Bonchev–Trinajstić information content (AvgIpc) is 2.40. The van der Waals surface area contributed by atoms with Crippen LogP contribution in [-0.2, 0) is 4.79 Å². The second kappa shape index (κ2) is 7.13. The van der Waals surface area contributed by atoms with E-state index in [4.69, 9.17) is 0 Å². The van der Waals surface area contributed by atoms with Crippen molar-refractivity contribution >= 4 is 5.91 Å². The maximum atomic E-state index is 11.9. The zero-order valence-corrected chi connectivity index (χ0v) is 11.7. The molecule has 2 rings (SSSR count). The Morgan fingerprint density at radius 3 is 2.61 bits per heavy atom. The summed E-state index contributed by atoms with van der Waals surface area (Å²) >= 11 is 0. The molecule has 0 bridgehead atoms. The molecular formula is C15H28N2O. The number of carbonyl (C=O) groups excluding carboxylic acids is 1. The van der Waals surface area contributed by atoms with E-state index in [9.17, 15) is 4.79 Å². The third kappa shape index (κ3) is 4.60. The van der Waals surface area contributed by atoms with Crippen LogP contribution in [-0.4, -0.2) is 24.5 Å². The molecule has 3 heteroatoms. The molecule has 3 nitrogen and oxygen atoms in total. The summed E-state index contributed by atoms with van der Waals surface area (Å²) in [6.45, 7) is 3.15. The smallest absolute Gasteiger partial charge is 0.220 e. The highest BCUT2D eigenvalue weighted by atomic mass is 16.1. The van der Waals surface area contributed by atoms with E-state index in [2.05, 4.69) is 17.6 Å². The highest BCUT2D eigenvalue weighted by Crippen LogP contribution is 2.27. The average molecular weight is 252 g/mol. The molecule has 1 aliphatic carbocycles. The molecular weight excluding hydrogens is 224 g/mol. The number of hydrogen-bond acceptors (Lipinski definition) is 2. The summed E-state index contributed by atoms with van der Waals surface area (Å²) in [7, 11) is 0. The third-order valence-electron chi connectivity index (χ3n) is 4.53. The van der Waals surface area contributed by atoms with Gasteiger partial charge in [0.15, 0.2) is 0 Å². The number of rotatable bonds is 4. The van der Waals surface area contributed by atoms with Gasteiger partial charge in [-0.15, -0.1) is 0 Å². The van der Waals surface area contributed by atoms with Gasteiger partial charge in [-0.25, -0.2) is 0 Å². The number of nitrogens with one attached hydrogen (secondary N) is 2. The summed E-state index contributed by atoms with van der Waals surface area (Å²) < 4.78 is 0. The van der Waals surface area contributed by atoms with Gasteiger partial charge in [0.1, 0.15) is 0 Å². The van der Waals surface area contributed by atoms with Crippen molar-refractivity contribution in [2.24, 2.45) is 5.92 Å². The lowest BCUT2D eigenvalue weighted by Gasteiger charge is -2.28. The summed E-state index contributed by atoms with van der Waals surface area (Å²) in [6.07, 6.45) is 11.0. The van der Waals surface area contributed by atoms with E-state index in [0.717, 1.165) is 31.7 Å². The second-order valence-corrected chi connectivity index (χ2v) is 6.19. The van der Waals surface area contributed by atoms with E-state index in [-0.39, 0.29) is 5.91 Å². The molecule has 0 aromatic carbocycles. The van der Waals surface area contributed by atoms with Crippen LogP contribution in [0.1, 0.15) is 64.7 Å². The van der Waals surface area contributed by atoms with Crippen LogP contribution in [0, 0.1) is 5.92 Å². The Bertz CT molecular complexity index is 253. The molecule has 0 aromatic heterocycles. The SMILES string of the molecule is CC1CCC(NC(=O)CCC2CCCCC2)CN1. The molecule has 0 radical (unpaired) electrons.